The van der Waals surface area contributed by atoms with Crippen LogP contribution < -0.4 is 0 Å². The maximum absolute atomic E-state index is 15.7. The molecule has 0 bridgehead atoms. The van der Waals surface area contributed by atoms with Crippen LogP contribution in [0.4, 0.5) is 26.3 Å². The minimum Gasteiger partial charge on any atom is -0.270 e. The lowest BCUT2D eigenvalue weighted by Crippen LogP contribution is -2.75. The largest absolute Gasteiger partial charge is 0.451 e. The Morgan fingerprint density at radius 1 is 0.625 bits per heavy atom. The molecule has 2 atom stereocenters. The Hall–Kier alpha value is -0.500. The molecule has 1 rings (SSSR count). The average molecular weight is 364 g/mol. The summed E-state index contributed by atoms with van der Waals surface area (Å²) < 4.78 is 93.8. The number of halogens is 6. The molecule has 1 fully saturated rings. The molecule has 24 heavy (non-hydrogen) atoms. The first kappa shape index (κ1) is 21.5. The summed E-state index contributed by atoms with van der Waals surface area (Å²) in [6.07, 6.45) is -10.1. The third-order valence-corrected chi connectivity index (χ3v) is 4.78. The lowest BCUT2D eigenvalue weighted by molar-refractivity contribution is -0.591. The molecule has 0 aromatic heterocycles. The van der Waals surface area contributed by atoms with Gasteiger partial charge in [-0.3, -0.25) is 9.47 Å². The van der Waals surface area contributed by atoms with Crippen molar-refractivity contribution < 1.29 is 35.8 Å². The summed E-state index contributed by atoms with van der Waals surface area (Å²) in [4.78, 5) is 0. The fourth-order valence-corrected chi connectivity index (χ4v) is 3.32. The highest BCUT2D eigenvalue weighted by atomic mass is 19.3. The molecule has 0 radical (unpaired) electrons. The van der Waals surface area contributed by atoms with Crippen molar-refractivity contribution in [3.63, 3.8) is 0 Å². The second kappa shape index (κ2) is 6.04. The molecule has 2 unspecified atom stereocenters. The molecule has 2 nitrogen and oxygen atoms in total. The van der Waals surface area contributed by atoms with Crippen LogP contribution in [0.1, 0.15) is 67.2 Å². The van der Waals surface area contributed by atoms with Crippen molar-refractivity contribution in [3.8, 4) is 0 Å². The Morgan fingerprint density at radius 2 is 0.875 bits per heavy atom. The number of ether oxygens (including phenoxy) is 2. The van der Waals surface area contributed by atoms with E-state index in [1.165, 1.54) is 0 Å². The van der Waals surface area contributed by atoms with Crippen molar-refractivity contribution in [1.29, 1.82) is 0 Å². The third kappa shape index (κ3) is 2.93. The lowest BCUT2D eigenvalue weighted by Gasteiger charge is -2.57. The van der Waals surface area contributed by atoms with Gasteiger partial charge in [0.1, 0.15) is 0 Å². The Labute approximate surface area is 138 Å². The minimum atomic E-state index is -5.29. The van der Waals surface area contributed by atoms with Crippen LogP contribution in [-0.2, 0) is 9.47 Å². The van der Waals surface area contributed by atoms with E-state index in [0.29, 0.717) is 12.8 Å². The number of rotatable bonds is 6. The molecule has 0 saturated carbocycles. The van der Waals surface area contributed by atoms with Crippen molar-refractivity contribution >= 4 is 0 Å². The molecule has 1 aliphatic heterocycles. The van der Waals surface area contributed by atoms with Gasteiger partial charge in [-0.2, -0.15) is 17.6 Å². The highest BCUT2D eigenvalue weighted by Crippen LogP contribution is 2.64. The zero-order valence-electron chi connectivity index (χ0n) is 14.9. The molecule has 0 amide bonds. The van der Waals surface area contributed by atoms with Gasteiger partial charge in [0.15, 0.2) is 0 Å². The summed E-state index contributed by atoms with van der Waals surface area (Å²) in [5.41, 5.74) is -3.66. The van der Waals surface area contributed by atoms with Gasteiger partial charge in [0.05, 0.1) is 0 Å². The second-order valence-electron chi connectivity index (χ2n) is 7.70. The Morgan fingerprint density at radius 3 is 1.08 bits per heavy atom. The van der Waals surface area contributed by atoms with Crippen molar-refractivity contribution in [2.75, 3.05) is 0 Å². The van der Waals surface area contributed by atoms with Gasteiger partial charge in [0.25, 0.3) is 11.7 Å². The van der Waals surface area contributed by atoms with Gasteiger partial charge in [-0.25, -0.2) is 8.78 Å². The maximum Gasteiger partial charge on any atom is 0.451 e. The third-order valence-electron chi connectivity index (χ3n) is 4.78. The number of hydrogen-bond acceptors (Lipinski definition) is 2. The van der Waals surface area contributed by atoms with Gasteiger partial charge in [0.2, 0.25) is 0 Å². The van der Waals surface area contributed by atoms with Crippen LogP contribution in [0.5, 0.6) is 0 Å². The Bertz CT molecular complexity index is 423. The van der Waals surface area contributed by atoms with E-state index in [9.17, 15) is 17.6 Å². The summed E-state index contributed by atoms with van der Waals surface area (Å²) in [6.45, 7) is 7.92. The van der Waals surface area contributed by atoms with Crippen LogP contribution in [0, 0.1) is 10.8 Å². The number of hydrogen-bond donors (Lipinski definition) is 0. The molecular formula is C16H26F6O2. The summed E-state index contributed by atoms with van der Waals surface area (Å²) in [6, 6.07) is 0. The van der Waals surface area contributed by atoms with Crippen LogP contribution >= 0.6 is 0 Å². The van der Waals surface area contributed by atoms with E-state index >= 15 is 8.78 Å². The van der Waals surface area contributed by atoms with Crippen molar-refractivity contribution in [2.24, 2.45) is 10.8 Å². The van der Waals surface area contributed by atoms with Crippen molar-refractivity contribution in [2.45, 2.75) is 91.2 Å². The first-order valence-corrected chi connectivity index (χ1v) is 8.07. The van der Waals surface area contributed by atoms with Gasteiger partial charge in [0, 0.05) is 10.8 Å². The molecule has 144 valence electrons. The highest BCUT2D eigenvalue weighted by Gasteiger charge is 2.83. The fourth-order valence-electron chi connectivity index (χ4n) is 3.32. The van der Waals surface area contributed by atoms with Gasteiger partial charge < -0.3 is 0 Å². The molecule has 1 saturated heterocycles. The van der Waals surface area contributed by atoms with E-state index in [2.05, 4.69) is 9.47 Å². The van der Waals surface area contributed by atoms with Crippen molar-refractivity contribution in [3.05, 3.63) is 0 Å². The topological polar surface area (TPSA) is 18.5 Å². The van der Waals surface area contributed by atoms with E-state index in [0.717, 1.165) is 27.7 Å². The quantitative estimate of drug-likeness (QED) is 0.522. The van der Waals surface area contributed by atoms with Crippen LogP contribution in [0.3, 0.4) is 0 Å². The van der Waals surface area contributed by atoms with E-state index in [1.54, 1.807) is 13.8 Å². The molecule has 0 spiro atoms. The molecule has 0 aromatic rings. The lowest BCUT2D eigenvalue weighted by atomic mass is 9.67. The fraction of sp³-hybridized carbons (Fsp3) is 1.00. The second-order valence-corrected chi connectivity index (χ2v) is 7.70. The maximum atomic E-state index is 15.7. The van der Waals surface area contributed by atoms with E-state index < -0.39 is 34.8 Å². The molecule has 8 heteroatoms. The number of alkyl halides is 6. The standard InChI is InChI=1S/C16H26F6O2/c1-7-9-11(3,4)13(17)14(18,12(5,6)10-8-2)24-16(21,22)15(19,20)23-13/h7-10H2,1-6H3. The molecule has 0 aromatic carbocycles. The minimum absolute atomic E-state index is 0.0671. The Balaban J connectivity index is 3.60. The predicted octanol–water partition coefficient (Wildman–Crippen LogP) is 6.20. The monoisotopic (exact) mass is 364 g/mol. The summed E-state index contributed by atoms with van der Waals surface area (Å²) in [5, 5.41) is 0. The van der Waals surface area contributed by atoms with Gasteiger partial charge in [-0.05, 0) is 12.8 Å². The van der Waals surface area contributed by atoms with Crippen LogP contribution in [0.15, 0.2) is 0 Å². The molecule has 1 heterocycles. The summed E-state index contributed by atoms with van der Waals surface area (Å²) >= 11 is 0. The first-order chi connectivity index (χ1) is 10.5. The predicted molar refractivity (Wildman–Crippen MR) is 77.1 cm³/mol. The molecule has 1 aliphatic rings. The van der Waals surface area contributed by atoms with E-state index in [4.69, 9.17) is 0 Å². The molecule has 0 N–H and O–H groups in total. The normalized spacial score (nSPS) is 33.5. The summed E-state index contributed by atoms with van der Waals surface area (Å²) in [5.74, 6) is -7.53. The van der Waals surface area contributed by atoms with E-state index in [1.807, 2.05) is 0 Å². The van der Waals surface area contributed by atoms with Gasteiger partial charge in [-0.15, -0.1) is 0 Å². The van der Waals surface area contributed by atoms with E-state index in [-0.39, 0.29) is 12.8 Å². The van der Waals surface area contributed by atoms with Crippen LogP contribution in [-0.4, -0.2) is 23.9 Å². The van der Waals surface area contributed by atoms with Gasteiger partial charge in [-0.1, -0.05) is 54.4 Å². The van der Waals surface area contributed by atoms with Crippen LogP contribution in [0.2, 0.25) is 0 Å². The highest BCUT2D eigenvalue weighted by molar-refractivity contribution is 5.08. The Kier molecular flexibility index (Phi) is 5.42. The van der Waals surface area contributed by atoms with Crippen LogP contribution in [0.25, 0.3) is 0 Å². The SMILES string of the molecule is CCCC(C)(C)C1(F)OC(F)(F)C(F)(F)OC1(F)C(C)(C)CCC. The smallest absolute Gasteiger partial charge is 0.270 e. The average Bonchev–Trinajstić information content (AvgIpc) is 2.35. The zero-order valence-corrected chi connectivity index (χ0v) is 14.9. The molecule has 0 aliphatic carbocycles. The van der Waals surface area contributed by atoms with Crippen molar-refractivity contribution in [1.82, 2.24) is 0 Å². The summed E-state index contributed by atoms with van der Waals surface area (Å²) in [7, 11) is 0. The molecular weight excluding hydrogens is 338 g/mol. The first-order valence-electron chi connectivity index (χ1n) is 8.07. The zero-order chi connectivity index (χ0) is 19.2. The van der Waals surface area contributed by atoms with Gasteiger partial charge >= 0.3 is 12.2 Å².